The third-order valence-electron chi connectivity index (χ3n) is 3.30. The molecule has 0 radical (unpaired) electrons. The van der Waals surface area contributed by atoms with Gasteiger partial charge in [0.2, 0.25) is 0 Å². The highest BCUT2D eigenvalue weighted by atomic mass is 14.7. The van der Waals surface area contributed by atoms with Crippen LogP contribution in [-0.4, -0.2) is 4.98 Å². The topological polar surface area (TPSA) is 12.9 Å². The van der Waals surface area contributed by atoms with E-state index >= 15 is 0 Å². The van der Waals surface area contributed by atoms with Crippen molar-refractivity contribution in [1.82, 2.24) is 4.98 Å². The molecule has 2 aromatic carbocycles. The molecule has 92 valence electrons. The summed E-state index contributed by atoms with van der Waals surface area (Å²) in [7, 11) is 0. The van der Waals surface area contributed by atoms with Crippen LogP contribution >= 0.6 is 0 Å². The Balaban J connectivity index is 1.98. The highest BCUT2D eigenvalue weighted by Crippen LogP contribution is 2.25. The summed E-state index contributed by atoms with van der Waals surface area (Å²) >= 11 is 0. The second-order valence-corrected chi connectivity index (χ2v) is 4.61. The Kier molecular flexibility index (Phi) is 3.11. The van der Waals surface area contributed by atoms with Crippen molar-refractivity contribution in [2.75, 3.05) is 0 Å². The molecule has 0 saturated carbocycles. The largest absolute Gasteiger partial charge is 0.256 e. The number of hydrogen-bond donors (Lipinski definition) is 0. The van der Waals surface area contributed by atoms with Crippen LogP contribution < -0.4 is 0 Å². The van der Waals surface area contributed by atoms with Gasteiger partial charge in [-0.2, -0.15) is 0 Å². The van der Waals surface area contributed by atoms with Crippen LogP contribution in [0.25, 0.3) is 22.4 Å². The van der Waals surface area contributed by atoms with E-state index in [0.29, 0.717) is 0 Å². The van der Waals surface area contributed by atoms with E-state index in [1.807, 2.05) is 24.4 Å². The lowest BCUT2D eigenvalue weighted by Crippen LogP contribution is -1.84. The van der Waals surface area contributed by atoms with Crippen molar-refractivity contribution < 1.29 is 0 Å². The first-order valence-corrected chi connectivity index (χ1v) is 6.42. The maximum absolute atomic E-state index is 4.37. The predicted octanol–water partition coefficient (Wildman–Crippen LogP) is 4.72. The molecule has 3 rings (SSSR count). The Labute approximate surface area is 113 Å². The van der Waals surface area contributed by atoms with Gasteiger partial charge in [0.1, 0.15) is 0 Å². The van der Waals surface area contributed by atoms with Crippen LogP contribution in [-0.2, 0) is 0 Å². The molecule has 0 aliphatic rings. The van der Waals surface area contributed by atoms with E-state index in [1.54, 1.807) is 0 Å². The molecule has 0 amide bonds. The number of rotatable bonds is 2. The maximum Gasteiger partial charge on any atom is 0.0701 e. The second kappa shape index (κ2) is 5.07. The third kappa shape index (κ3) is 2.41. The number of aromatic nitrogens is 1. The van der Waals surface area contributed by atoms with Crippen LogP contribution in [0.15, 0.2) is 72.9 Å². The molecule has 0 spiro atoms. The van der Waals surface area contributed by atoms with Crippen molar-refractivity contribution >= 4 is 0 Å². The van der Waals surface area contributed by atoms with Crippen molar-refractivity contribution in [2.45, 2.75) is 6.92 Å². The van der Waals surface area contributed by atoms with Gasteiger partial charge in [-0.25, -0.2) is 0 Å². The average Bonchev–Trinajstić information content (AvgIpc) is 2.49. The molecule has 1 heteroatoms. The fourth-order valence-electron chi connectivity index (χ4n) is 2.25. The molecule has 1 heterocycles. The summed E-state index contributed by atoms with van der Waals surface area (Å²) in [6.07, 6.45) is 1.82. The number of hydrogen-bond acceptors (Lipinski definition) is 1. The highest BCUT2D eigenvalue weighted by Gasteiger charge is 2.02. The SMILES string of the molecule is Cc1ccccc1-c1ccc(-c2ccccn2)cc1. The van der Waals surface area contributed by atoms with Gasteiger partial charge in [0, 0.05) is 11.8 Å². The molecule has 0 aliphatic carbocycles. The van der Waals surface area contributed by atoms with E-state index in [-0.39, 0.29) is 0 Å². The fourth-order valence-corrected chi connectivity index (χ4v) is 2.25. The second-order valence-electron chi connectivity index (χ2n) is 4.61. The Bertz CT molecular complexity index is 670. The molecule has 0 bridgehead atoms. The predicted molar refractivity (Wildman–Crippen MR) is 79.8 cm³/mol. The molecule has 0 fully saturated rings. The lowest BCUT2D eigenvalue weighted by Gasteiger charge is -2.07. The van der Waals surface area contributed by atoms with E-state index < -0.39 is 0 Å². The van der Waals surface area contributed by atoms with Gasteiger partial charge in [-0.1, -0.05) is 54.6 Å². The first kappa shape index (κ1) is 11.7. The van der Waals surface area contributed by atoms with Gasteiger partial charge < -0.3 is 0 Å². The minimum Gasteiger partial charge on any atom is -0.256 e. The molecule has 3 aromatic rings. The summed E-state index contributed by atoms with van der Waals surface area (Å²) in [6.45, 7) is 2.14. The maximum atomic E-state index is 4.37. The normalized spacial score (nSPS) is 10.4. The molecule has 0 N–H and O–H groups in total. The Morgan fingerprint density at radius 1 is 0.684 bits per heavy atom. The van der Waals surface area contributed by atoms with Gasteiger partial charge in [0.15, 0.2) is 0 Å². The van der Waals surface area contributed by atoms with Gasteiger partial charge in [0.25, 0.3) is 0 Å². The van der Waals surface area contributed by atoms with Gasteiger partial charge in [-0.3, -0.25) is 4.98 Å². The minimum absolute atomic E-state index is 1.01. The van der Waals surface area contributed by atoms with E-state index in [4.69, 9.17) is 0 Å². The van der Waals surface area contributed by atoms with E-state index in [2.05, 4.69) is 60.4 Å². The molecule has 1 nitrogen and oxygen atoms in total. The monoisotopic (exact) mass is 245 g/mol. The van der Waals surface area contributed by atoms with Crippen LogP contribution in [0.1, 0.15) is 5.56 Å². The van der Waals surface area contributed by atoms with Crippen LogP contribution in [0.2, 0.25) is 0 Å². The lowest BCUT2D eigenvalue weighted by molar-refractivity contribution is 1.33. The van der Waals surface area contributed by atoms with Crippen molar-refractivity contribution in [2.24, 2.45) is 0 Å². The van der Waals surface area contributed by atoms with Crippen molar-refractivity contribution in [3.05, 3.63) is 78.5 Å². The van der Waals surface area contributed by atoms with Crippen molar-refractivity contribution in [3.8, 4) is 22.4 Å². The van der Waals surface area contributed by atoms with Gasteiger partial charge in [-0.15, -0.1) is 0 Å². The standard InChI is InChI=1S/C18H15N/c1-14-6-2-3-7-17(14)15-9-11-16(12-10-15)18-8-4-5-13-19-18/h2-13H,1H3. The average molecular weight is 245 g/mol. The van der Waals surface area contributed by atoms with Gasteiger partial charge in [0.05, 0.1) is 5.69 Å². The summed E-state index contributed by atoms with van der Waals surface area (Å²) in [5.41, 5.74) is 6.00. The lowest BCUT2D eigenvalue weighted by atomic mass is 9.99. The zero-order valence-corrected chi connectivity index (χ0v) is 10.9. The number of pyridine rings is 1. The third-order valence-corrected chi connectivity index (χ3v) is 3.30. The van der Waals surface area contributed by atoms with E-state index in [9.17, 15) is 0 Å². The molecule has 19 heavy (non-hydrogen) atoms. The van der Waals surface area contributed by atoms with Crippen LogP contribution in [0.4, 0.5) is 0 Å². The highest BCUT2D eigenvalue weighted by molar-refractivity contribution is 5.70. The Morgan fingerprint density at radius 2 is 1.37 bits per heavy atom. The number of benzene rings is 2. The molecule has 0 aliphatic heterocycles. The molecule has 0 atom stereocenters. The zero-order valence-electron chi connectivity index (χ0n) is 10.9. The van der Waals surface area contributed by atoms with Gasteiger partial charge >= 0.3 is 0 Å². The zero-order chi connectivity index (χ0) is 13.1. The summed E-state index contributed by atoms with van der Waals surface area (Å²) in [4.78, 5) is 4.37. The number of nitrogens with zero attached hydrogens (tertiary/aromatic N) is 1. The fraction of sp³-hybridized carbons (Fsp3) is 0.0556. The van der Waals surface area contributed by atoms with Gasteiger partial charge in [-0.05, 0) is 35.7 Å². The van der Waals surface area contributed by atoms with Crippen LogP contribution in [0, 0.1) is 6.92 Å². The van der Waals surface area contributed by atoms with E-state index in [0.717, 1.165) is 11.3 Å². The Hall–Kier alpha value is -2.41. The molecule has 0 saturated heterocycles. The summed E-state index contributed by atoms with van der Waals surface area (Å²) in [5.74, 6) is 0. The van der Waals surface area contributed by atoms with Crippen molar-refractivity contribution in [1.29, 1.82) is 0 Å². The first-order valence-electron chi connectivity index (χ1n) is 6.42. The summed E-state index contributed by atoms with van der Waals surface area (Å²) in [6, 6.07) is 23.0. The quantitative estimate of drug-likeness (QED) is 0.636. The molecular weight excluding hydrogens is 230 g/mol. The molecular formula is C18H15N. The Morgan fingerprint density at radius 3 is 2.05 bits per heavy atom. The van der Waals surface area contributed by atoms with Crippen molar-refractivity contribution in [3.63, 3.8) is 0 Å². The number of aryl methyl sites for hydroxylation is 1. The minimum atomic E-state index is 1.01. The van der Waals surface area contributed by atoms with E-state index in [1.165, 1.54) is 16.7 Å². The van der Waals surface area contributed by atoms with Crippen LogP contribution in [0.5, 0.6) is 0 Å². The summed E-state index contributed by atoms with van der Waals surface area (Å²) in [5, 5.41) is 0. The summed E-state index contributed by atoms with van der Waals surface area (Å²) < 4.78 is 0. The molecule has 0 unspecified atom stereocenters. The smallest absolute Gasteiger partial charge is 0.0701 e. The first-order chi connectivity index (χ1) is 9.34. The van der Waals surface area contributed by atoms with Crippen LogP contribution in [0.3, 0.4) is 0 Å². The molecule has 1 aromatic heterocycles.